The number of nitrogens with two attached hydrogens (primary N) is 1. The number of anilines is 3. The van der Waals surface area contributed by atoms with Crippen molar-refractivity contribution in [1.82, 2.24) is 19.7 Å². The van der Waals surface area contributed by atoms with E-state index < -0.39 is 16.1 Å². The maximum atomic E-state index is 13.2. The van der Waals surface area contributed by atoms with Crippen LogP contribution < -0.4 is 20.3 Å². The number of morpholine rings is 1. The monoisotopic (exact) mass is 611 g/mol. The van der Waals surface area contributed by atoms with E-state index >= 15 is 0 Å². The van der Waals surface area contributed by atoms with Gasteiger partial charge in [0.2, 0.25) is 0 Å². The van der Waals surface area contributed by atoms with Crippen LogP contribution in [0.1, 0.15) is 49.4 Å². The average Bonchev–Trinajstić information content (AvgIpc) is 3.27. The fourth-order valence-corrected chi connectivity index (χ4v) is 9.19. The number of piperidine rings is 1. The zero-order valence-corrected chi connectivity index (χ0v) is 25.6. The first-order valence-electron chi connectivity index (χ1n) is 14.1. The van der Waals surface area contributed by atoms with Crippen molar-refractivity contribution in [3.8, 4) is 0 Å². The molecule has 1 aromatic carbocycles. The highest BCUT2D eigenvalue weighted by Crippen LogP contribution is 2.57. The molecule has 0 saturated carbocycles. The third-order valence-electron chi connectivity index (χ3n) is 9.16. The molecule has 0 radical (unpaired) electrons. The van der Waals surface area contributed by atoms with Gasteiger partial charge in [0.15, 0.2) is 10.6 Å². The van der Waals surface area contributed by atoms with Crippen molar-refractivity contribution in [3.05, 3.63) is 58.4 Å². The summed E-state index contributed by atoms with van der Waals surface area (Å²) in [6.07, 6.45) is 6.55. The second kappa shape index (κ2) is 10.5. The Kier molecular flexibility index (Phi) is 7.03. The summed E-state index contributed by atoms with van der Waals surface area (Å²) < 4.78 is 21.8. The second-order valence-corrected chi connectivity index (χ2v) is 15.0. The molecular formula is C29H34ClN7O2S2. The molecule has 2 saturated heterocycles. The Bertz CT molecular complexity index is 1480. The fraction of sp³-hybridized carbons (Fsp3) is 0.483. The van der Waals surface area contributed by atoms with Crippen molar-refractivity contribution in [2.45, 2.75) is 53.8 Å². The zero-order chi connectivity index (χ0) is 28.4. The number of hydrogen-bond acceptors (Lipinski definition) is 10. The first-order chi connectivity index (χ1) is 19.8. The Morgan fingerprint density at radius 3 is 2.66 bits per heavy atom. The number of benzene rings is 1. The van der Waals surface area contributed by atoms with Crippen LogP contribution in [-0.2, 0) is 27.3 Å². The number of nitrogens with one attached hydrogen (secondary N) is 1. The lowest BCUT2D eigenvalue weighted by atomic mass is 9.72. The fourth-order valence-electron chi connectivity index (χ4n) is 6.81. The molecule has 3 aliphatic heterocycles. The molecule has 5 heterocycles. The summed E-state index contributed by atoms with van der Waals surface area (Å²) in [7, 11) is 0. The normalized spacial score (nSPS) is 24.5. The molecule has 2 aromatic heterocycles. The zero-order valence-electron chi connectivity index (χ0n) is 23.2. The summed E-state index contributed by atoms with van der Waals surface area (Å²) in [4.78, 5) is 19.2. The first-order valence-corrected chi connectivity index (χ1v) is 16.4. The van der Waals surface area contributed by atoms with Crippen LogP contribution in [0.25, 0.3) is 0 Å². The van der Waals surface area contributed by atoms with Gasteiger partial charge in [-0.1, -0.05) is 41.6 Å². The molecule has 4 aliphatic rings. The number of rotatable bonds is 4. The molecule has 41 heavy (non-hydrogen) atoms. The Morgan fingerprint density at radius 2 is 1.90 bits per heavy atom. The van der Waals surface area contributed by atoms with Gasteiger partial charge in [-0.05, 0) is 50.3 Å². The van der Waals surface area contributed by atoms with Crippen LogP contribution in [-0.4, -0.2) is 58.9 Å². The predicted octanol–water partition coefficient (Wildman–Crippen LogP) is 4.48. The number of ether oxygens (including phenoxy) is 1. The molecule has 2 atom stereocenters. The quantitative estimate of drug-likeness (QED) is 0.409. The second-order valence-electron chi connectivity index (χ2n) is 11.8. The molecule has 9 nitrogen and oxygen atoms in total. The molecule has 3 N–H and O–H groups in total. The van der Waals surface area contributed by atoms with Crippen molar-refractivity contribution in [1.29, 1.82) is 0 Å². The van der Waals surface area contributed by atoms with Crippen molar-refractivity contribution in [2.24, 2.45) is 5.41 Å². The van der Waals surface area contributed by atoms with Gasteiger partial charge in [-0.2, -0.15) is 0 Å². The van der Waals surface area contributed by atoms with Crippen LogP contribution in [0.2, 0.25) is 5.02 Å². The summed E-state index contributed by atoms with van der Waals surface area (Å²) in [6.45, 7) is 8.68. The third kappa shape index (κ3) is 4.65. The highest BCUT2D eigenvalue weighted by Gasteiger charge is 2.56. The standard InChI is InChI=1S/C29H34ClN7O2S2/c1-28(2)19-5-3-4-18-16-29(24(22(18)19)35-41(28)38)7-10-36(11-8-29)21-17-33-27(25(31)34-21)40-20-6-9-32-26(23(20)30)37-12-14-39-15-13-37/h3-6,9,17,24,35H,7-8,10-16H2,1-2H3,(H2,31,34)/t24-,41-/m1/s1. The van der Waals surface area contributed by atoms with E-state index in [1.54, 1.807) is 6.20 Å². The first kappa shape index (κ1) is 27.5. The molecule has 1 spiro atoms. The van der Waals surface area contributed by atoms with E-state index in [9.17, 15) is 4.55 Å². The molecule has 3 aromatic rings. The minimum absolute atomic E-state index is 0.0478. The lowest BCUT2D eigenvalue weighted by Gasteiger charge is -2.46. The summed E-state index contributed by atoms with van der Waals surface area (Å²) in [5.41, 5.74) is 10.5. The van der Waals surface area contributed by atoms with E-state index in [-0.39, 0.29) is 11.5 Å². The predicted molar refractivity (Wildman–Crippen MR) is 164 cm³/mol. The van der Waals surface area contributed by atoms with Gasteiger partial charge in [-0.15, -0.1) is 4.72 Å². The average molecular weight is 612 g/mol. The highest BCUT2D eigenvalue weighted by molar-refractivity contribution is 7.99. The Hall–Kier alpha value is -2.28. The Morgan fingerprint density at radius 1 is 1.12 bits per heavy atom. The molecule has 12 heteroatoms. The molecular weight excluding hydrogens is 578 g/mol. The van der Waals surface area contributed by atoms with Crippen molar-refractivity contribution >= 4 is 52.2 Å². The third-order valence-corrected chi connectivity index (χ3v) is 12.3. The number of nitrogen functional groups attached to an aromatic ring is 1. The maximum Gasteiger partial charge on any atom is 0.164 e. The number of pyridine rings is 1. The molecule has 2 fully saturated rings. The number of fused-ring (bicyclic) bond motifs is 1. The number of halogens is 1. The largest absolute Gasteiger partial charge is 0.597 e. The van der Waals surface area contributed by atoms with E-state index in [0.29, 0.717) is 29.1 Å². The maximum absolute atomic E-state index is 13.2. The van der Waals surface area contributed by atoms with Gasteiger partial charge in [0.1, 0.15) is 16.7 Å². The minimum atomic E-state index is -1.14. The van der Waals surface area contributed by atoms with E-state index in [2.05, 4.69) is 51.6 Å². The van der Waals surface area contributed by atoms with E-state index in [1.807, 2.05) is 12.3 Å². The molecule has 216 valence electrons. The van der Waals surface area contributed by atoms with Gasteiger partial charge >= 0.3 is 0 Å². The lowest BCUT2D eigenvalue weighted by Crippen LogP contribution is -2.52. The highest BCUT2D eigenvalue weighted by atomic mass is 35.5. The van der Waals surface area contributed by atoms with Crippen LogP contribution >= 0.6 is 23.4 Å². The van der Waals surface area contributed by atoms with E-state index in [4.69, 9.17) is 32.0 Å². The molecule has 1 aliphatic carbocycles. The van der Waals surface area contributed by atoms with Gasteiger partial charge in [0.05, 0.1) is 30.5 Å². The van der Waals surface area contributed by atoms with Crippen molar-refractivity contribution < 1.29 is 9.29 Å². The summed E-state index contributed by atoms with van der Waals surface area (Å²) in [6, 6.07) is 8.55. The van der Waals surface area contributed by atoms with E-state index in [1.165, 1.54) is 28.5 Å². The molecule has 0 unspecified atom stereocenters. The number of hydrogen-bond donors (Lipinski definition) is 2. The van der Waals surface area contributed by atoms with Gasteiger partial charge in [-0.3, -0.25) is 0 Å². The van der Waals surface area contributed by atoms with Crippen LogP contribution in [0, 0.1) is 5.41 Å². The molecule has 0 amide bonds. The van der Waals surface area contributed by atoms with Crippen LogP contribution in [0.3, 0.4) is 0 Å². The van der Waals surface area contributed by atoms with Crippen LogP contribution in [0.4, 0.5) is 17.5 Å². The van der Waals surface area contributed by atoms with Gasteiger partial charge in [0.25, 0.3) is 0 Å². The van der Waals surface area contributed by atoms with E-state index in [0.717, 1.165) is 62.0 Å². The van der Waals surface area contributed by atoms with Crippen LogP contribution in [0.5, 0.6) is 0 Å². The molecule has 0 bridgehead atoms. The summed E-state index contributed by atoms with van der Waals surface area (Å²) >= 11 is 7.04. The van der Waals surface area contributed by atoms with Gasteiger partial charge in [-0.25, -0.2) is 15.0 Å². The van der Waals surface area contributed by atoms with Crippen LogP contribution in [0.15, 0.2) is 46.6 Å². The Balaban J connectivity index is 1.06. The topological polar surface area (TPSA) is 115 Å². The SMILES string of the molecule is CC1(C)c2cccc3c2[C@@H](N[S@+]1[O-])C1(CCN(c2cnc(Sc4ccnc(N5CCOCC5)c4Cl)c(N)n2)CC1)C3. The lowest BCUT2D eigenvalue weighted by molar-refractivity contribution is 0.122. The summed E-state index contributed by atoms with van der Waals surface area (Å²) in [5, 5.41) is 1.21. The number of aromatic nitrogens is 3. The Labute approximate surface area is 252 Å². The van der Waals surface area contributed by atoms with Gasteiger partial charge < -0.3 is 24.8 Å². The van der Waals surface area contributed by atoms with Crippen molar-refractivity contribution in [2.75, 3.05) is 54.9 Å². The van der Waals surface area contributed by atoms with Crippen molar-refractivity contribution in [3.63, 3.8) is 0 Å². The number of nitrogens with zero attached hydrogens (tertiary/aromatic N) is 5. The molecule has 7 rings (SSSR count). The smallest absolute Gasteiger partial charge is 0.164 e. The van der Waals surface area contributed by atoms with Gasteiger partial charge in [0, 0.05) is 59.6 Å². The summed E-state index contributed by atoms with van der Waals surface area (Å²) in [5.74, 6) is 1.93. The minimum Gasteiger partial charge on any atom is -0.597 e.